The third-order valence-corrected chi connectivity index (χ3v) is 4.63. The summed E-state index contributed by atoms with van der Waals surface area (Å²) in [6, 6.07) is 4.09. The van der Waals surface area contributed by atoms with Crippen molar-refractivity contribution in [2.45, 2.75) is 26.2 Å². The number of aromatic nitrogens is 1. The molecule has 2 heterocycles. The van der Waals surface area contributed by atoms with Gasteiger partial charge in [-0.2, -0.15) is 0 Å². The lowest BCUT2D eigenvalue weighted by molar-refractivity contribution is -0.121. The van der Waals surface area contributed by atoms with Crippen LogP contribution in [0, 0.1) is 6.92 Å². The first-order valence-corrected chi connectivity index (χ1v) is 7.69. The van der Waals surface area contributed by atoms with E-state index in [4.69, 9.17) is 0 Å². The van der Waals surface area contributed by atoms with Gasteiger partial charge in [-0.15, -0.1) is 22.7 Å². The summed E-state index contributed by atoms with van der Waals surface area (Å²) in [5.74, 6) is 0.130. The molecule has 0 aliphatic heterocycles. The highest BCUT2D eigenvalue weighted by atomic mass is 32.1. The molecular formula is C13H16N2OS2. The number of carbonyl (C=O) groups excluding carboxylic acids is 1. The molecule has 0 atom stereocenters. The monoisotopic (exact) mass is 280 g/mol. The molecule has 0 spiro atoms. The first-order valence-electron chi connectivity index (χ1n) is 5.94. The predicted octanol–water partition coefficient (Wildman–Crippen LogP) is 2.80. The maximum atomic E-state index is 11.6. The Morgan fingerprint density at radius 1 is 1.39 bits per heavy atom. The van der Waals surface area contributed by atoms with Crippen molar-refractivity contribution < 1.29 is 4.79 Å². The van der Waals surface area contributed by atoms with Crippen molar-refractivity contribution in [3.63, 3.8) is 0 Å². The molecule has 0 aliphatic rings. The molecule has 2 aromatic heterocycles. The molecule has 0 radical (unpaired) electrons. The molecular weight excluding hydrogens is 264 g/mol. The third-order valence-electron chi connectivity index (χ3n) is 2.70. The number of nitrogens with zero attached hydrogens (tertiary/aromatic N) is 1. The lowest BCUT2D eigenvalue weighted by atomic mass is 10.2. The van der Waals surface area contributed by atoms with Crippen molar-refractivity contribution in [1.29, 1.82) is 0 Å². The van der Waals surface area contributed by atoms with Crippen LogP contribution in [0.15, 0.2) is 23.0 Å². The number of aryl methyl sites for hydroxylation is 2. The number of amides is 1. The summed E-state index contributed by atoms with van der Waals surface area (Å²) in [7, 11) is 0. The smallest absolute Gasteiger partial charge is 0.220 e. The van der Waals surface area contributed by atoms with Crippen molar-refractivity contribution in [1.82, 2.24) is 10.3 Å². The maximum Gasteiger partial charge on any atom is 0.220 e. The molecule has 18 heavy (non-hydrogen) atoms. The van der Waals surface area contributed by atoms with Crippen LogP contribution in [0.4, 0.5) is 0 Å². The van der Waals surface area contributed by atoms with Crippen LogP contribution in [0.5, 0.6) is 0 Å². The quantitative estimate of drug-likeness (QED) is 0.884. The van der Waals surface area contributed by atoms with Crippen LogP contribution >= 0.6 is 22.7 Å². The Morgan fingerprint density at radius 3 is 2.94 bits per heavy atom. The summed E-state index contributed by atoms with van der Waals surface area (Å²) in [5.41, 5.74) is 2.93. The lowest BCUT2D eigenvalue weighted by Crippen LogP contribution is -2.25. The van der Waals surface area contributed by atoms with Crippen LogP contribution in [0.25, 0.3) is 0 Å². The summed E-state index contributed by atoms with van der Waals surface area (Å²) < 4.78 is 0. The highest BCUT2D eigenvalue weighted by Crippen LogP contribution is 2.12. The van der Waals surface area contributed by atoms with Crippen molar-refractivity contribution in [3.8, 4) is 0 Å². The fourth-order valence-electron chi connectivity index (χ4n) is 1.66. The normalized spacial score (nSPS) is 10.5. The molecule has 1 amide bonds. The van der Waals surface area contributed by atoms with Crippen molar-refractivity contribution >= 4 is 28.6 Å². The number of hydrogen-bond donors (Lipinski definition) is 1. The molecule has 96 valence electrons. The molecule has 0 aliphatic carbocycles. The van der Waals surface area contributed by atoms with Crippen LogP contribution in [-0.4, -0.2) is 17.4 Å². The fourth-order valence-corrected chi connectivity index (χ4v) is 3.15. The van der Waals surface area contributed by atoms with Gasteiger partial charge in [0.2, 0.25) is 5.91 Å². The number of rotatable bonds is 6. The van der Waals surface area contributed by atoms with Gasteiger partial charge < -0.3 is 5.32 Å². The van der Waals surface area contributed by atoms with Gasteiger partial charge in [0.1, 0.15) is 0 Å². The van der Waals surface area contributed by atoms with Gasteiger partial charge >= 0.3 is 0 Å². The van der Waals surface area contributed by atoms with Crippen LogP contribution < -0.4 is 5.32 Å². The van der Waals surface area contributed by atoms with E-state index in [9.17, 15) is 4.79 Å². The van der Waals surface area contributed by atoms with E-state index < -0.39 is 0 Å². The van der Waals surface area contributed by atoms with Gasteiger partial charge in [0.05, 0.1) is 11.2 Å². The van der Waals surface area contributed by atoms with Crippen LogP contribution in [-0.2, 0) is 17.6 Å². The molecule has 0 fully saturated rings. The molecule has 1 N–H and O–H groups in total. The van der Waals surface area contributed by atoms with Gasteiger partial charge in [0, 0.05) is 29.1 Å². The second-order valence-corrected chi connectivity index (χ2v) is 6.01. The van der Waals surface area contributed by atoms with Crippen LogP contribution in [0.3, 0.4) is 0 Å². The standard InChI is InChI=1S/C13H16N2OS2/c1-10-12(18-9-15-10)6-7-14-13(16)5-4-11-3-2-8-17-11/h2-3,8-9H,4-7H2,1H3,(H,14,16). The topological polar surface area (TPSA) is 42.0 Å². The highest BCUT2D eigenvalue weighted by molar-refractivity contribution is 7.10. The van der Waals surface area contributed by atoms with E-state index in [0.29, 0.717) is 13.0 Å². The van der Waals surface area contributed by atoms with Crippen molar-refractivity contribution in [3.05, 3.63) is 38.5 Å². The summed E-state index contributed by atoms with van der Waals surface area (Å²) in [6.07, 6.45) is 2.28. The average Bonchev–Trinajstić information content (AvgIpc) is 2.99. The van der Waals surface area contributed by atoms with E-state index in [1.807, 2.05) is 23.9 Å². The number of nitrogens with one attached hydrogen (secondary N) is 1. The zero-order valence-corrected chi connectivity index (χ0v) is 11.9. The van der Waals surface area contributed by atoms with Crippen LogP contribution in [0.1, 0.15) is 21.9 Å². The Balaban J connectivity index is 1.65. The van der Waals surface area contributed by atoms with E-state index in [0.717, 1.165) is 18.5 Å². The van der Waals surface area contributed by atoms with E-state index in [1.165, 1.54) is 9.75 Å². The number of hydrogen-bond acceptors (Lipinski definition) is 4. The maximum absolute atomic E-state index is 11.6. The molecule has 0 bridgehead atoms. The average molecular weight is 280 g/mol. The van der Waals surface area contributed by atoms with Gasteiger partial charge in [0.15, 0.2) is 0 Å². The van der Waals surface area contributed by atoms with E-state index in [1.54, 1.807) is 22.7 Å². The zero-order chi connectivity index (χ0) is 12.8. The van der Waals surface area contributed by atoms with Gasteiger partial charge in [-0.25, -0.2) is 4.98 Å². The Kier molecular flexibility index (Phi) is 4.90. The minimum absolute atomic E-state index is 0.130. The van der Waals surface area contributed by atoms with E-state index >= 15 is 0 Å². The molecule has 2 aromatic rings. The summed E-state index contributed by atoms with van der Waals surface area (Å²) in [5, 5.41) is 5.00. The van der Waals surface area contributed by atoms with E-state index in [2.05, 4.69) is 16.4 Å². The molecule has 0 saturated carbocycles. The third kappa shape index (κ3) is 3.92. The SMILES string of the molecule is Cc1ncsc1CCNC(=O)CCc1cccs1. The molecule has 2 rings (SSSR count). The molecule has 0 saturated heterocycles. The molecule has 0 aromatic carbocycles. The highest BCUT2D eigenvalue weighted by Gasteiger charge is 2.04. The summed E-state index contributed by atoms with van der Waals surface area (Å²) in [6.45, 7) is 2.71. The molecule has 5 heteroatoms. The minimum atomic E-state index is 0.130. The molecule has 0 unspecified atom stereocenters. The van der Waals surface area contributed by atoms with Gasteiger partial charge in [-0.05, 0) is 24.8 Å². The summed E-state index contributed by atoms with van der Waals surface area (Å²) >= 11 is 3.35. The largest absolute Gasteiger partial charge is 0.356 e. The Labute approximate surface area is 115 Å². The lowest BCUT2D eigenvalue weighted by Gasteiger charge is -2.03. The first kappa shape index (κ1) is 13.2. The number of thiophene rings is 1. The van der Waals surface area contributed by atoms with Crippen LogP contribution in [0.2, 0.25) is 0 Å². The van der Waals surface area contributed by atoms with Gasteiger partial charge in [0.25, 0.3) is 0 Å². The summed E-state index contributed by atoms with van der Waals surface area (Å²) in [4.78, 5) is 18.3. The fraction of sp³-hybridized carbons (Fsp3) is 0.385. The Hall–Kier alpha value is -1.20. The second-order valence-electron chi connectivity index (χ2n) is 4.04. The first-order chi connectivity index (χ1) is 8.75. The van der Waals surface area contributed by atoms with Crippen molar-refractivity contribution in [2.24, 2.45) is 0 Å². The van der Waals surface area contributed by atoms with E-state index in [-0.39, 0.29) is 5.91 Å². The predicted molar refractivity (Wildman–Crippen MR) is 76.2 cm³/mol. The van der Waals surface area contributed by atoms with Gasteiger partial charge in [-0.1, -0.05) is 6.07 Å². The minimum Gasteiger partial charge on any atom is -0.356 e. The second kappa shape index (κ2) is 6.66. The molecule has 3 nitrogen and oxygen atoms in total. The van der Waals surface area contributed by atoms with Crippen molar-refractivity contribution in [2.75, 3.05) is 6.54 Å². The number of thiazole rings is 1. The Morgan fingerprint density at radius 2 is 2.28 bits per heavy atom. The Bertz CT molecular complexity index is 491. The zero-order valence-electron chi connectivity index (χ0n) is 10.3. The number of carbonyl (C=O) groups is 1. The van der Waals surface area contributed by atoms with Gasteiger partial charge in [-0.3, -0.25) is 4.79 Å².